The van der Waals surface area contributed by atoms with E-state index in [0.717, 1.165) is 0 Å². The van der Waals surface area contributed by atoms with Crippen molar-refractivity contribution in [1.82, 2.24) is 5.32 Å². The van der Waals surface area contributed by atoms with Crippen LogP contribution in [0.25, 0.3) is 0 Å². The zero-order valence-electron chi connectivity index (χ0n) is 3.90. The summed E-state index contributed by atoms with van der Waals surface area (Å²) in [5.41, 5.74) is 0. The van der Waals surface area contributed by atoms with Crippen LogP contribution in [0.2, 0.25) is 0 Å². The SMILES string of the molecule is CCNC(=O)OI. The smallest absolute Gasteiger partial charge is 0.378 e. The summed E-state index contributed by atoms with van der Waals surface area (Å²) in [6.45, 7) is 2.44. The molecule has 0 aliphatic rings. The van der Waals surface area contributed by atoms with Crippen molar-refractivity contribution in [2.24, 2.45) is 0 Å². The Balaban J connectivity index is 3.00. The largest absolute Gasteiger partial charge is 0.416 e. The quantitative estimate of drug-likeness (QED) is 0.664. The van der Waals surface area contributed by atoms with Crippen molar-refractivity contribution in [3.63, 3.8) is 0 Å². The highest BCUT2D eigenvalue weighted by Gasteiger charge is 1.91. The molecule has 0 saturated heterocycles. The number of hydrogen-bond donors (Lipinski definition) is 1. The second kappa shape index (κ2) is 4.17. The first kappa shape index (κ1) is 7.00. The van der Waals surface area contributed by atoms with Crippen LogP contribution in [0.1, 0.15) is 6.92 Å². The lowest BCUT2D eigenvalue weighted by molar-refractivity contribution is 0.215. The molecule has 1 N–H and O–H groups in total. The monoisotopic (exact) mass is 215 g/mol. The molecule has 0 unspecified atom stereocenters. The van der Waals surface area contributed by atoms with E-state index in [2.05, 4.69) is 8.38 Å². The third-order valence-electron chi connectivity index (χ3n) is 0.391. The van der Waals surface area contributed by atoms with Crippen molar-refractivity contribution in [2.75, 3.05) is 6.54 Å². The molecule has 3 nitrogen and oxygen atoms in total. The van der Waals surface area contributed by atoms with Gasteiger partial charge in [-0.1, -0.05) is 0 Å². The third kappa shape index (κ3) is 3.84. The van der Waals surface area contributed by atoms with Crippen molar-refractivity contribution in [3.05, 3.63) is 0 Å². The summed E-state index contributed by atoms with van der Waals surface area (Å²) in [4.78, 5) is 10.1. The summed E-state index contributed by atoms with van der Waals surface area (Å²) in [7, 11) is 0. The Kier molecular flexibility index (Phi) is 4.17. The topological polar surface area (TPSA) is 38.3 Å². The van der Waals surface area contributed by atoms with Crippen LogP contribution in [0.5, 0.6) is 0 Å². The highest BCUT2D eigenvalue weighted by molar-refractivity contribution is 14.1. The molecule has 4 heteroatoms. The molecule has 42 valence electrons. The molecule has 0 aromatic carbocycles. The lowest BCUT2D eigenvalue weighted by atomic mass is 10.8. The Labute approximate surface area is 56.1 Å². The van der Waals surface area contributed by atoms with Gasteiger partial charge in [0.15, 0.2) is 23.0 Å². The molecule has 0 bridgehead atoms. The molecule has 0 fully saturated rings. The molecule has 0 aliphatic carbocycles. The first-order valence-electron chi connectivity index (χ1n) is 1.87. The van der Waals surface area contributed by atoms with Crippen LogP contribution in [-0.4, -0.2) is 12.6 Å². The van der Waals surface area contributed by atoms with Gasteiger partial charge in [-0.2, -0.15) is 0 Å². The number of amides is 1. The third-order valence-corrected chi connectivity index (χ3v) is 0.791. The molecule has 0 heterocycles. The molecule has 0 spiro atoms. The van der Waals surface area contributed by atoms with Crippen LogP contribution in [0, 0.1) is 0 Å². The van der Waals surface area contributed by atoms with E-state index in [-0.39, 0.29) is 6.09 Å². The summed E-state index contributed by atoms with van der Waals surface area (Å²) in [6, 6.07) is 0. The molecule has 0 saturated carbocycles. The molecule has 0 aromatic rings. The highest BCUT2D eigenvalue weighted by atomic mass is 127. The van der Waals surface area contributed by atoms with Crippen LogP contribution in [0.4, 0.5) is 4.79 Å². The average molecular weight is 215 g/mol. The van der Waals surface area contributed by atoms with Gasteiger partial charge in [-0.15, -0.1) is 0 Å². The lowest BCUT2D eigenvalue weighted by Gasteiger charge is -1.92. The maximum absolute atomic E-state index is 10.1. The number of nitrogens with one attached hydrogen (secondary N) is 1. The molecular formula is C3H6INO2. The van der Waals surface area contributed by atoms with Crippen LogP contribution >= 0.6 is 23.0 Å². The van der Waals surface area contributed by atoms with Gasteiger partial charge < -0.3 is 8.38 Å². The van der Waals surface area contributed by atoms with Crippen LogP contribution in [-0.2, 0) is 3.07 Å². The van der Waals surface area contributed by atoms with E-state index < -0.39 is 0 Å². The predicted molar refractivity (Wildman–Crippen MR) is 34.2 cm³/mol. The zero-order chi connectivity index (χ0) is 5.70. The van der Waals surface area contributed by atoms with Gasteiger partial charge in [0.25, 0.3) is 0 Å². The number of carbonyl (C=O) groups is 1. The van der Waals surface area contributed by atoms with Gasteiger partial charge in [0.1, 0.15) is 0 Å². The minimum atomic E-state index is -0.386. The summed E-state index contributed by atoms with van der Waals surface area (Å²) in [5, 5.41) is 2.43. The van der Waals surface area contributed by atoms with Gasteiger partial charge in [0.2, 0.25) is 0 Å². The standard InChI is InChI=1S/C3H6INO2/c1-2-5-3(6)7-4/h2H2,1H3,(H,5,6). The molecule has 0 aromatic heterocycles. The minimum Gasteiger partial charge on any atom is -0.378 e. The molecule has 0 rings (SSSR count). The molecular weight excluding hydrogens is 209 g/mol. The van der Waals surface area contributed by atoms with Crippen LogP contribution in [0.15, 0.2) is 0 Å². The Morgan fingerprint density at radius 2 is 2.57 bits per heavy atom. The van der Waals surface area contributed by atoms with Gasteiger partial charge in [-0.3, -0.25) is 0 Å². The van der Waals surface area contributed by atoms with E-state index >= 15 is 0 Å². The number of halogens is 1. The zero-order valence-corrected chi connectivity index (χ0v) is 6.06. The molecule has 0 radical (unpaired) electrons. The van der Waals surface area contributed by atoms with E-state index in [9.17, 15) is 4.79 Å². The van der Waals surface area contributed by atoms with Crippen molar-refractivity contribution in [2.45, 2.75) is 6.92 Å². The van der Waals surface area contributed by atoms with Gasteiger partial charge in [-0.25, -0.2) is 4.79 Å². The fourth-order valence-corrected chi connectivity index (χ4v) is 0.327. The summed E-state index contributed by atoms with van der Waals surface area (Å²) in [6.07, 6.45) is -0.386. The Morgan fingerprint density at radius 3 is 2.71 bits per heavy atom. The Hall–Kier alpha value is 0. The van der Waals surface area contributed by atoms with Gasteiger partial charge in [0.05, 0.1) is 0 Å². The maximum atomic E-state index is 10.1. The van der Waals surface area contributed by atoms with E-state index in [1.165, 1.54) is 23.0 Å². The number of carbonyl (C=O) groups excluding carboxylic acids is 1. The fraction of sp³-hybridized carbons (Fsp3) is 0.667. The van der Waals surface area contributed by atoms with E-state index in [1.54, 1.807) is 0 Å². The fourth-order valence-electron chi connectivity index (χ4n) is 0.172. The Bertz CT molecular complexity index is 66.0. The van der Waals surface area contributed by atoms with Crippen LogP contribution < -0.4 is 5.32 Å². The predicted octanol–water partition coefficient (Wildman–Crippen LogP) is 1.08. The second-order valence-electron chi connectivity index (χ2n) is 0.895. The first-order chi connectivity index (χ1) is 3.31. The normalized spacial score (nSPS) is 7.71. The maximum Gasteiger partial charge on any atom is 0.416 e. The van der Waals surface area contributed by atoms with E-state index in [0.29, 0.717) is 6.54 Å². The van der Waals surface area contributed by atoms with Crippen LogP contribution in [0.3, 0.4) is 0 Å². The van der Waals surface area contributed by atoms with Gasteiger partial charge >= 0.3 is 6.09 Å². The molecule has 1 amide bonds. The van der Waals surface area contributed by atoms with E-state index in [4.69, 9.17) is 0 Å². The van der Waals surface area contributed by atoms with Crippen molar-refractivity contribution in [1.29, 1.82) is 0 Å². The number of rotatable bonds is 1. The Morgan fingerprint density at radius 1 is 2.00 bits per heavy atom. The second-order valence-corrected chi connectivity index (χ2v) is 1.34. The molecule has 0 atom stereocenters. The number of hydrogen-bond acceptors (Lipinski definition) is 2. The van der Waals surface area contributed by atoms with Crippen molar-refractivity contribution >= 4 is 29.1 Å². The highest BCUT2D eigenvalue weighted by Crippen LogP contribution is 1.83. The molecule has 7 heavy (non-hydrogen) atoms. The first-order valence-corrected chi connectivity index (χ1v) is 2.75. The van der Waals surface area contributed by atoms with E-state index in [1.807, 2.05) is 6.92 Å². The summed E-state index contributed by atoms with van der Waals surface area (Å²) >= 11 is 1.52. The minimum absolute atomic E-state index is 0.386. The van der Waals surface area contributed by atoms with Gasteiger partial charge in [-0.05, 0) is 6.92 Å². The van der Waals surface area contributed by atoms with Crippen molar-refractivity contribution < 1.29 is 7.86 Å². The summed E-state index contributed by atoms with van der Waals surface area (Å²) < 4.78 is 4.21. The molecule has 0 aliphatic heterocycles. The van der Waals surface area contributed by atoms with Crippen molar-refractivity contribution in [3.8, 4) is 0 Å². The summed E-state index contributed by atoms with van der Waals surface area (Å²) in [5.74, 6) is 0. The lowest BCUT2D eigenvalue weighted by Crippen LogP contribution is -2.20. The average Bonchev–Trinajstić information content (AvgIpc) is 1.68. The van der Waals surface area contributed by atoms with Gasteiger partial charge in [0, 0.05) is 6.54 Å².